The Bertz CT molecular complexity index is 373. The zero-order valence-electron chi connectivity index (χ0n) is 9.25. The van der Waals surface area contributed by atoms with Crippen molar-refractivity contribution in [2.75, 3.05) is 0 Å². The summed E-state index contributed by atoms with van der Waals surface area (Å²) in [5.41, 5.74) is 0.789. The quantitative estimate of drug-likeness (QED) is 0.677. The van der Waals surface area contributed by atoms with Gasteiger partial charge in [-0.25, -0.2) is 9.78 Å². The van der Waals surface area contributed by atoms with E-state index in [1.54, 1.807) is 12.5 Å². The molecule has 1 heterocycles. The number of nitrogens with zero attached hydrogens (tertiary/aromatic N) is 2. The highest BCUT2D eigenvalue weighted by molar-refractivity contribution is 5.76. The highest BCUT2D eigenvalue weighted by Crippen LogP contribution is 2.10. The Labute approximate surface area is 93.3 Å². The van der Waals surface area contributed by atoms with Crippen molar-refractivity contribution < 1.29 is 14.7 Å². The minimum atomic E-state index is -1.05. The molecule has 0 bridgehead atoms. The fourth-order valence-corrected chi connectivity index (χ4v) is 1.46. The average Bonchev–Trinajstić information content (AvgIpc) is 2.65. The number of rotatable bonds is 6. The summed E-state index contributed by atoms with van der Waals surface area (Å²) in [6.45, 7) is 3.96. The summed E-state index contributed by atoms with van der Waals surface area (Å²) in [6, 6.07) is -0.699. The van der Waals surface area contributed by atoms with E-state index >= 15 is 0 Å². The number of hydrogen-bond donors (Lipinski definition) is 2. The molecule has 1 aromatic heterocycles. The molecule has 0 fully saturated rings. The number of aromatic nitrogens is 2. The summed E-state index contributed by atoms with van der Waals surface area (Å²) < 4.78 is 1.88. The third-order valence-electron chi connectivity index (χ3n) is 2.28. The van der Waals surface area contributed by atoms with Crippen molar-refractivity contribution in [2.24, 2.45) is 0 Å². The molecule has 1 rings (SSSR count). The highest BCUT2D eigenvalue weighted by Gasteiger charge is 2.19. The monoisotopic (exact) mass is 225 g/mol. The van der Waals surface area contributed by atoms with Crippen molar-refractivity contribution >= 4 is 12.4 Å². The number of carboxylic acids is 1. The van der Waals surface area contributed by atoms with E-state index in [9.17, 15) is 9.59 Å². The van der Waals surface area contributed by atoms with Crippen LogP contribution in [0.2, 0.25) is 0 Å². The highest BCUT2D eigenvalue weighted by atomic mass is 16.4. The molecule has 0 saturated carbocycles. The van der Waals surface area contributed by atoms with E-state index in [-0.39, 0.29) is 12.5 Å². The standard InChI is InChI=1S/C10H15N3O3/c1-7(2)13-5-11-4-8(13)3-9(10(15)16)12-6-14/h4-7,9H,3H2,1-2H3,(H,12,14)(H,15,16). The van der Waals surface area contributed by atoms with E-state index in [0.717, 1.165) is 5.69 Å². The minimum Gasteiger partial charge on any atom is -0.480 e. The van der Waals surface area contributed by atoms with Crippen molar-refractivity contribution in [3.8, 4) is 0 Å². The number of amides is 1. The van der Waals surface area contributed by atoms with Crippen LogP contribution in [0.15, 0.2) is 12.5 Å². The molecule has 2 N–H and O–H groups in total. The molecule has 88 valence electrons. The van der Waals surface area contributed by atoms with Gasteiger partial charge in [0.1, 0.15) is 6.04 Å². The van der Waals surface area contributed by atoms with E-state index < -0.39 is 12.0 Å². The molecule has 6 heteroatoms. The normalized spacial score (nSPS) is 12.4. The van der Waals surface area contributed by atoms with Gasteiger partial charge in [-0.3, -0.25) is 4.79 Å². The Morgan fingerprint density at radius 3 is 2.88 bits per heavy atom. The lowest BCUT2D eigenvalue weighted by atomic mass is 10.1. The molecule has 0 saturated heterocycles. The van der Waals surface area contributed by atoms with Crippen molar-refractivity contribution in [3.63, 3.8) is 0 Å². The van der Waals surface area contributed by atoms with Crippen LogP contribution in [0.1, 0.15) is 25.6 Å². The van der Waals surface area contributed by atoms with Gasteiger partial charge in [-0.1, -0.05) is 0 Å². The first-order valence-corrected chi connectivity index (χ1v) is 4.99. The lowest BCUT2D eigenvalue weighted by Crippen LogP contribution is -2.38. The summed E-state index contributed by atoms with van der Waals surface area (Å²) in [7, 11) is 0. The molecule has 0 aliphatic heterocycles. The first-order chi connectivity index (χ1) is 7.56. The van der Waals surface area contributed by atoms with Crippen LogP contribution in [0.5, 0.6) is 0 Å². The number of aliphatic carboxylic acids is 1. The van der Waals surface area contributed by atoms with Gasteiger partial charge < -0.3 is 15.0 Å². The van der Waals surface area contributed by atoms with Gasteiger partial charge >= 0.3 is 5.97 Å². The molecule has 1 amide bonds. The van der Waals surface area contributed by atoms with E-state index in [2.05, 4.69) is 10.3 Å². The molecular weight excluding hydrogens is 210 g/mol. The fourth-order valence-electron chi connectivity index (χ4n) is 1.46. The van der Waals surface area contributed by atoms with Crippen LogP contribution in [0.4, 0.5) is 0 Å². The molecule has 0 aromatic carbocycles. The maximum absolute atomic E-state index is 10.8. The third-order valence-corrected chi connectivity index (χ3v) is 2.28. The van der Waals surface area contributed by atoms with Crippen molar-refractivity contribution in [3.05, 3.63) is 18.2 Å². The summed E-state index contributed by atoms with van der Waals surface area (Å²) in [5.74, 6) is -1.05. The van der Waals surface area contributed by atoms with Crippen molar-refractivity contribution in [1.29, 1.82) is 0 Å². The largest absolute Gasteiger partial charge is 0.480 e. The summed E-state index contributed by atoms with van der Waals surface area (Å²) in [4.78, 5) is 25.1. The molecule has 6 nitrogen and oxygen atoms in total. The Morgan fingerprint density at radius 2 is 2.38 bits per heavy atom. The molecule has 0 radical (unpaired) electrons. The summed E-state index contributed by atoms with van der Waals surface area (Å²) in [5, 5.41) is 11.1. The smallest absolute Gasteiger partial charge is 0.326 e. The predicted molar refractivity (Wildman–Crippen MR) is 56.9 cm³/mol. The van der Waals surface area contributed by atoms with Crippen LogP contribution in [0, 0.1) is 0 Å². The van der Waals surface area contributed by atoms with Crippen LogP contribution >= 0.6 is 0 Å². The Kier molecular flexibility index (Phi) is 4.04. The molecule has 1 atom stereocenters. The number of hydrogen-bond acceptors (Lipinski definition) is 3. The van der Waals surface area contributed by atoms with E-state index in [1.165, 1.54) is 0 Å². The lowest BCUT2D eigenvalue weighted by Gasteiger charge is -2.15. The van der Waals surface area contributed by atoms with Gasteiger partial charge in [0.25, 0.3) is 0 Å². The second-order valence-corrected chi connectivity index (χ2v) is 3.77. The molecule has 1 aromatic rings. The van der Waals surface area contributed by atoms with Gasteiger partial charge in [0.2, 0.25) is 6.41 Å². The number of carbonyl (C=O) groups excluding carboxylic acids is 1. The zero-order valence-corrected chi connectivity index (χ0v) is 9.25. The average molecular weight is 225 g/mol. The van der Waals surface area contributed by atoms with Gasteiger partial charge in [-0.2, -0.15) is 0 Å². The van der Waals surface area contributed by atoms with Crippen LogP contribution in [0.25, 0.3) is 0 Å². The number of imidazole rings is 1. The minimum absolute atomic E-state index is 0.211. The van der Waals surface area contributed by atoms with Crippen LogP contribution in [-0.2, 0) is 16.0 Å². The van der Waals surface area contributed by atoms with Crippen LogP contribution in [0.3, 0.4) is 0 Å². The summed E-state index contributed by atoms with van der Waals surface area (Å²) in [6.07, 6.45) is 3.89. The van der Waals surface area contributed by atoms with Crippen molar-refractivity contribution in [2.45, 2.75) is 32.4 Å². The maximum atomic E-state index is 10.8. The molecule has 0 aliphatic carbocycles. The maximum Gasteiger partial charge on any atom is 0.326 e. The third kappa shape index (κ3) is 2.82. The van der Waals surface area contributed by atoms with Gasteiger partial charge in [0.05, 0.1) is 6.33 Å². The first-order valence-electron chi connectivity index (χ1n) is 4.99. The van der Waals surface area contributed by atoms with Gasteiger partial charge in [0.15, 0.2) is 0 Å². The van der Waals surface area contributed by atoms with E-state index in [1.807, 2.05) is 18.4 Å². The summed E-state index contributed by atoms with van der Waals surface area (Å²) >= 11 is 0. The van der Waals surface area contributed by atoms with Crippen LogP contribution in [-0.4, -0.2) is 33.1 Å². The SMILES string of the molecule is CC(C)n1cncc1CC(NC=O)C(=O)O. The van der Waals surface area contributed by atoms with Gasteiger partial charge in [0, 0.05) is 24.4 Å². The Balaban J connectivity index is 2.80. The van der Waals surface area contributed by atoms with Gasteiger partial charge in [-0.05, 0) is 13.8 Å². The van der Waals surface area contributed by atoms with E-state index in [4.69, 9.17) is 5.11 Å². The second kappa shape index (κ2) is 5.29. The van der Waals surface area contributed by atoms with Crippen molar-refractivity contribution in [1.82, 2.24) is 14.9 Å². The number of nitrogens with one attached hydrogen (secondary N) is 1. The zero-order chi connectivity index (χ0) is 12.1. The lowest BCUT2D eigenvalue weighted by molar-refractivity contribution is -0.140. The topological polar surface area (TPSA) is 84.2 Å². The molecule has 0 spiro atoms. The Morgan fingerprint density at radius 1 is 1.69 bits per heavy atom. The number of carboxylic acid groups (broad SMARTS) is 1. The molecular formula is C10H15N3O3. The first kappa shape index (κ1) is 12.2. The van der Waals surface area contributed by atoms with Gasteiger partial charge in [-0.15, -0.1) is 0 Å². The molecule has 1 unspecified atom stereocenters. The second-order valence-electron chi connectivity index (χ2n) is 3.77. The Hall–Kier alpha value is -1.85. The molecule has 0 aliphatic rings. The molecule has 16 heavy (non-hydrogen) atoms. The fraction of sp³-hybridized carbons (Fsp3) is 0.500. The van der Waals surface area contributed by atoms with Crippen LogP contribution < -0.4 is 5.32 Å². The van der Waals surface area contributed by atoms with E-state index in [0.29, 0.717) is 6.41 Å². The number of carbonyl (C=O) groups is 2. The predicted octanol–water partition coefficient (Wildman–Crippen LogP) is 0.206.